The fourth-order valence-corrected chi connectivity index (χ4v) is 1.84. The lowest BCUT2D eigenvalue weighted by molar-refractivity contribution is 0.0498. The molecule has 90 valence electrons. The zero-order valence-corrected chi connectivity index (χ0v) is 9.46. The zero-order valence-electron chi connectivity index (χ0n) is 8.70. The average molecular weight is 258 g/mol. The maximum Gasteiger partial charge on any atom is 0.342 e. The van der Waals surface area contributed by atoms with Crippen molar-refractivity contribution in [1.82, 2.24) is 10.4 Å². The minimum Gasteiger partial charge on any atom is -0.271 e. The first-order valence-electron chi connectivity index (χ1n) is 4.90. The highest BCUT2D eigenvalue weighted by atomic mass is 35.5. The molecule has 0 amide bonds. The molecular weight excluding hydrogens is 248 g/mol. The summed E-state index contributed by atoms with van der Waals surface area (Å²) in [6.07, 6.45) is 1.64. The molecule has 0 bridgehead atoms. The van der Waals surface area contributed by atoms with Crippen molar-refractivity contribution in [1.29, 1.82) is 0 Å². The second kappa shape index (κ2) is 4.52. The number of hydrogen-bond acceptors (Lipinski definition) is 3. The van der Waals surface area contributed by atoms with Crippen molar-refractivity contribution < 1.29 is 8.78 Å². The first kappa shape index (κ1) is 12.2. The van der Waals surface area contributed by atoms with Gasteiger partial charge in [0.25, 0.3) is 0 Å². The fraction of sp³-hybridized carbons (Fsp3) is 0.182. The molecular formula is C11H10ClF2N3. The van der Waals surface area contributed by atoms with E-state index in [1.165, 1.54) is 6.07 Å². The van der Waals surface area contributed by atoms with Crippen LogP contribution in [0, 0.1) is 0 Å². The smallest absolute Gasteiger partial charge is 0.271 e. The standard InChI is InChI=1S/C11H10ClF2N3/c12-11(13,14)10(17-15)8-3-4-9-7(6-8)2-1-5-16-9/h1-6,10,17H,15H2. The van der Waals surface area contributed by atoms with Gasteiger partial charge in [-0.15, -0.1) is 0 Å². The summed E-state index contributed by atoms with van der Waals surface area (Å²) < 4.78 is 26.2. The number of nitrogens with zero attached hydrogens (tertiary/aromatic N) is 1. The molecule has 1 heterocycles. The van der Waals surface area contributed by atoms with E-state index in [2.05, 4.69) is 4.98 Å². The molecule has 3 nitrogen and oxygen atoms in total. The van der Waals surface area contributed by atoms with E-state index >= 15 is 0 Å². The quantitative estimate of drug-likeness (QED) is 0.505. The molecule has 1 aromatic carbocycles. The zero-order chi connectivity index (χ0) is 12.5. The highest BCUT2D eigenvalue weighted by molar-refractivity contribution is 6.22. The minimum atomic E-state index is -3.45. The molecule has 1 aromatic heterocycles. The number of nitrogens with one attached hydrogen (secondary N) is 1. The van der Waals surface area contributed by atoms with Gasteiger partial charge in [-0.1, -0.05) is 12.1 Å². The Hall–Kier alpha value is -1.30. The van der Waals surface area contributed by atoms with Crippen molar-refractivity contribution in [3.05, 3.63) is 42.1 Å². The molecule has 1 atom stereocenters. The summed E-state index contributed by atoms with van der Waals surface area (Å²) in [5.41, 5.74) is 3.06. The van der Waals surface area contributed by atoms with Crippen LogP contribution in [0.4, 0.5) is 8.78 Å². The molecule has 0 fully saturated rings. The van der Waals surface area contributed by atoms with Gasteiger partial charge in [0.05, 0.1) is 5.52 Å². The molecule has 0 saturated carbocycles. The summed E-state index contributed by atoms with van der Waals surface area (Å²) in [5, 5.41) is -2.70. The van der Waals surface area contributed by atoms with Crippen LogP contribution in [-0.4, -0.2) is 10.4 Å². The number of fused-ring (bicyclic) bond motifs is 1. The van der Waals surface area contributed by atoms with E-state index in [9.17, 15) is 8.78 Å². The van der Waals surface area contributed by atoms with Crippen LogP contribution in [0.3, 0.4) is 0 Å². The van der Waals surface area contributed by atoms with Gasteiger partial charge < -0.3 is 0 Å². The number of rotatable bonds is 3. The van der Waals surface area contributed by atoms with Crippen LogP contribution in [0.5, 0.6) is 0 Å². The third-order valence-corrected chi connectivity index (χ3v) is 2.67. The first-order valence-corrected chi connectivity index (χ1v) is 5.27. The SMILES string of the molecule is NNC(c1ccc2ncccc2c1)C(F)(F)Cl. The van der Waals surface area contributed by atoms with Crippen LogP contribution in [0.1, 0.15) is 11.6 Å². The van der Waals surface area contributed by atoms with E-state index in [1.807, 2.05) is 5.43 Å². The normalized spacial score (nSPS) is 13.9. The molecule has 2 rings (SSSR count). The Balaban J connectivity index is 2.48. The van der Waals surface area contributed by atoms with Gasteiger partial charge in [-0.2, -0.15) is 8.78 Å². The monoisotopic (exact) mass is 257 g/mol. The number of hydrazine groups is 1. The molecule has 0 aliphatic carbocycles. The van der Waals surface area contributed by atoms with E-state index in [4.69, 9.17) is 17.4 Å². The Morgan fingerprint density at radius 2 is 2.12 bits per heavy atom. The number of nitrogens with two attached hydrogens (primary N) is 1. The number of aromatic nitrogens is 1. The lowest BCUT2D eigenvalue weighted by atomic mass is 10.0. The molecule has 17 heavy (non-hydrogen) atoms. The molecule has 0 saturated heterocycles. The lowest BCUT2D eigenvalue weighted by Crippen LogP contribution is -2.37. The van der Waals surface area contributed by atoms with E-state index in [1.54, 1.807) is 30.5 Å². The Labute approximate surface area is 102 Å². The van der Waals surface area contributed by atoms with Gasteiger partial charge in [0, 0.05) is 11.6 Å². The molecule has 0 spiro atoms. The van der Waals surface area contributed by atoms with Gasteiger partial charge in [-0.3, -0.25) is 10.8 Å². The van der Waals surface area contributed by atoms with Gasteiger partial charge in [0.2, 0.25) is 0 Å². The predicted octanol–water partition coefficient (Wildman–Crippen LogP) is 2.57. The number of halogens is 3. The van der Waals surface area contributed by atoms with Crippen molar-refractivity contribution in [3.8, 4) is 0 Å². The maximum absolute atomic E-state index is 13.1. The van der Waals surface area contributed by atoms with Gasteiger partial charge in [-0.05, 0) is 35.4 Å². The van der Waals surface area contributed by atoms with E-state index in [-0.39, 0.29) is 0 Å². The summed E-state index contributed by atoms with van der Waals surface area (Å²) in [5.74, 6) is 5.10. The molecule has 0 radical (unpaired) electrons. The lowest BCUT2D eigenvalue weighted by Gasteiger charge is -2.21. The number of hydrogen-bond donors (Lipinski definition) is 2. The highest BCUT2D eigenvalue weighted by Gasteiger charge is 2.37. The van der Waals surface area contributed by atoms with Gasteiger partial charge in [0.1, 0.15) is 6.04 Å². The number of benzene rings is 1. The summed E-state index contributed by atoms with van der Waals surface area (Å²) in [4.78, 5) is 4.10. The fourth-order valence-electron chi connectivity index (χ4n) is 1.65. The van der Waals surface area contributed by atoms with Crippen molar-refractivity contribution in [2.45, 2.75) is 11.4 Å². The van der Waals surface area contributed by atoms with Crippen molar-refractivity contribution >= 4 is 22.5 Å². The predicted molar refractivity (Wildman–Crippen MR) is 62.6 cm³/mol. The molecule has 2 aromatic rings. The van der Waals surface area contributed by atoms with E-state index < -0.39 is 11.4 Å². The summed E-state index contributed by atoms with van der Waals surface area (Å²) in [6, 6.07) is 6.84. The van der Waals surface area contributed by atoms with Crippen LogP contribution in [0.2, 0.25) is 0 Å². The largest absolute Gasteiger partial charge is 0.342 e. The van der Waals surface area contributed by atoms with Crippen LogP contribution >= 0.6 is 11.6 Å². The number of pyridine rings is 1. The van der Waals surface area contributed by atoms with Crippen LogP contribution in [0.25, 0.3) is 10.9 Å². The van der Waals surface area contributed by atoms with E-state index in [0.29, 0.717) is 5.56 Å². The van der Waals surface area contributed by atoms with E-state index in [0.717, 1.165) is 10.9 Å². The Bertz CT molecular complexity index is 527. The summed E-state index contributed by atoms with van der Waals surface area (Å²) >= 11 is 4.99. The minimum absolute atomic E-state index is 0.313. The van der Waals surface area contributed by atoms with Crippen molar-refractivity contribution in [2.75, 3.05) is 0 Å². The molecule has 0 aliphatic rings. The molecule has 6 heteroatoms. The first-order chi connectivity index (χ1) is 8.02. The molecule has 3 N–H and O–H groups in total. The van der Waals surface area contributed by atoms with Gasteiger partial charge >= 0.3 is 5.38 Å². The van der Waals surface area contributed by atoms with Crippen molar-refractivity contribution in [3.63, 3.8) is 0 Å². The summed E-state index contributed by atoms with van der Waals surface area (Å²) in [6.45, 7) is 0. The second-order valence-electron chi connectivity index (χ2n) is 3.60. The maximum atomic E-state index is 13.1. The van der Waals surface area contributed by atoms with Crippen LogP contribution in [0.15, 0.2) is 36.5 Å². The molecule has 0 aliphatic heterocycles. The van der Waals surface area contributed by atoms with Crippen LogP contribution in [-0.2, 0) is 0 Å². The highest BCUT2D eigenvalue weighted by Crippen LogP contribution is 2.35. The van der Waals surface area contributed by atoms with Gasteiger partial charge in [0.15, 0.2) is 0 Å². The third kappa shape index (κ3) is 2.52. The summed E-state index contributed by atoms with van der Waals surface area (Å²) in [7, 11) is 0. The average Bonchev–Trinajstić information content (AvgIpc) is 2.28. The molecule has 1 unspecified atom stereocenters. The topological polar surface area (TPSA) is 50.9 Å². The van der Waals surface area contributed by atoms with Gasteiger partial charge in [-0.25, -0.2) is 5.43 Å². The van der Waals surface area contributed by atoms with Crippen LogP contribution < -0.4 is 11.3 Å². The van der Waals surface area contributed by atoms with Crippen molar-refractivity contribution in [2.24, 2.45) is 5.84 Å². The Kier molecular flexibility index (Phi) is 3.24. The second-order valence-corrected chi connectivity index (χ2v) is 4.10. The Morgan fingerprint density at radius 3 is 2.76 bits per heavy atom. The third-order valence-electron chi connectivity index (χ3n) is 2.45. The Morgan fingerprint density at radius 1 is 1.35 bits per heavy atom. The number of alkyl halides is 3.